The smallest absolute Gasteiger partial charge is 0.0435 e. The van der Waals surface area contributed by atoms with Gasteiger partial charge in [0.2, 0.25) is 0 Å². The summed E-state index contributed by atoms with van der Waals surface area (Å²) in [5.74, 6) is 2.99. The highest BCUT2D eigenvalue weighted by molar-refractivity contribution is 5.91. The predicted octanol–water partition coefficient (Wildman–Crippen LogP) is 10.7. The number of hydrogen-bond acceptors (Lipinski definition) is 1. The van der Waals surface area contributed by atoms with Crippen LogP contribution in [-0.2, 0) is 0 Å². The highest BCUT2D eigenvalue weighted by Gasteiger charge is 2.21. The van der Waals surface area contributed by atoms with Crippen molar-refractivity contribution in [2.24, 2.45) is 0 Å². The summed E-state index contributed by atoms with van der Waals surface area (Å²) in [5, 5.41) is 0. The van der Waals surface area contributed by atoms with Crippen LogP contribution in [0.3, 0.4) is 0 Å². The molecule has 200 valence electrons. The third-order valence-electron chi connectivity index (χ3n) is 7.02. The number of benzene rings is 3. The number of hydrogen-bond donors (Lipinski definition) is 1. The molecule has 1 nitrogen and oxygen atoms in total. The first-order chi connectivity index (χ1) is 18.5. The van der Waals surface area contributed by atoms with Crippen molar-refractivity contribution in [2.75, 3.05) is 5.73 Å². The number of unbranched alkanes of at least 4 members (excludes halogenated alkanes) is 4. The molecule has 3 aromatic rings. The second-order valence-electron chi connectivity index (χ2n) is 9.83. The molecule has 0 aromatic heterocycles. The first kappa shape index (κ1) is 30.7. The monoisotopic (exact) mass is 505 g/mol. The maximum absolute atomic E-state index is 6.97. The van der Waals surface area contributed by atoms with Gasteiger partial charge in [-0.1, -0.05) is 131 Å². The number of rotatable bonds is 11. The van der Waals surface area contributed by atoms with Crippen LogP contribution < -0.4 is 5.73 Å². The van der Waals surface area contributed by atoms with E-state index in [1.54, 1.807) is 0 Å². The lowest BCUT2D eigenvalue weighted by Gasteiger charge is -2.24. The maximum Gasteiger partial charge on any atom is 0.0435 e. The van der Waals surface area contributed by atoms with Crippen molar-refractivity contribution in [1.29, 1.82) is 0 Å². The molecule has 1 unspecified atom stereocenters. The van der Waals surface area contributed by atoms with Crippen LogP contribution in [0, 0.1) is 12.3 Å². The van der Waals surface area contributed by atoms with Gasteiger partial charge in [0.05, 0.1) is 0 Å². The summed E-state index contributed by atoms with van der Waals surface area (Å²) >= 11 is 0. The molecule has 1 atom stereocenters. The van der Waals surface area contributed by atoms with E-state index in [1.807, 2.05) is 0 Å². The van der Waals surface area contributed by atoms with Gasteiger partial charge in [0.15, 0.2) is 0 Å². The molecule has 0 spiro atoms. The summed E-state index contributed by atoms with van der Waals surface area (Å²) in [6.07, 6.45) is 17.6. The molecule has 0 aliphatic rings. The second-order valence-corrected chi connectivity index (χ2v) is 9.83. The number of nitrogens with two attached hydrogens (primary N) is 1. The molecular weight excluding hydrogens is 458 g/mol. The van der Waals surface area contributed by atoms with Gasteiger partial charge in [0, 0.05) is 17.7 Å². The van der Waals surface area contributed by atoms with Crippen molar-refractivity contribution in [3.05, 3.63) is 113 Å². The average molecular weight is 506 g/mol. The van der Waals surface area contributed by atoms with Gasteiger partial charge in [-0.2, -0.15) is 0 Å². The van der Waals surface area contributed by atoms with Gasteiger partial charge < -0.3 is 5.73 Å². The molecule has 0 radical (unpaired) electrons. The number of allylic oxidation sites excluding steroid dienone is 2. The van der Waals surface area contributed by atoms with Crippen LogP contribution in [0.15, 0.2) is 84.9 Å². The molecular formula is C37H47N. The van der Waals surface area contributed by atoms with E-state index in [0.717, 1.165) is 24.1 Å². The summed E-state index contributed by atoms with van der Waals surface area (Å²) in [7, 11) is 0. The quantitative estimate of drug-likeness (QED) is 0.156. The first-order valence-electron chi connectivity index (χ1n) is 14.3. The van der Waals surface area contributed by atoms with Crippen molar-refractivity contribution >= 4 is 16.8 Å². The van der Waals surface area contributed by atoms with E-state index in [4.69, 9.17) is 12.2 Å². The van der Waals surface area contributed by atoms with Gasteiger partial charge in [-0.15, -0.1) is 12.3 Å². The summed E-state index contributed by atoms with van der Waals surface area (Å²) in [5.41, 5.74) is 16.4. The molecule has 0 bridgehead atoms. The van der Waals surface area contributed by atoms with E-state index in [1.165, 1.54) is 65.5 Å². The van der Waals surface area contributed by atoms with E-state index in [9.17, 15) is 0 Å². The summed E-state index contributed by atoms with van der Waals surface area (Å²) in [6.45, 7) is 11.0. The van der Waals surface area contributed by atoms with Gasteiger partial charge in [0.1, 0.15) is 0 Å². The molecule has 0 saturated heterocycles. The van der Waals surface area contributed by atoms with E-state index in [-0.39, 0.29) is 0 Å². The van der Waals surface area contributed by atoms with Crippen molar-refractivity contribution in [2.45, 2.75) is 85.5 Å². The number of anilines is 1. The Balaban J connectivity index is 0.000000638. The second kappa shape index (κ2) is 17.1. The summed E-state index contributed by atoms with van der Waals surface area (Å²) < 4.78 is 0. The molecule has 0 amide bonds. The molecule has 38 heavy (non-hydrogen) atoms. The van der Waals surface area contributed by atoms with Crippen LogP contribution in [0.25, 0.3) is 11.1 Å². The van der Waals surface area contributed by atoms with Gasteiger partial charge >= 0.3 is 0 Å². The molecule has 1 heteroatoms. The fourth-order valence-corrected chi connectivity index (χ4v) is 4.96. The lowest BCUT2D eigenvalue weighted by molar-refractivity contribution is 0.624. The van der Waals surface area contributed by atoms with Crippen LogP contribution in [0.4, 0.5) is 5.69 Å². The first-order valence-corrected chi connectivity index (χ1v) is 14.3. The Morgan fingerprint density at radius 2 is 1.26 bits per heavy atom. The predicted molar refractivity (Wildman–Crippen MR) is 170 cm³/mol. The van der Waals surface area contributed by atoms with Crippen LogP contribution in [0.2, 0.25) is 0 Å². The Kier molecular flexibility index (Phi) is 13.8. The third-order valence-corrected chi connectivity index (χ3v) is 7.02. The van der Waals surface area contributed by atoms with Crippen molar-refractivity contribution in [3.8, 4) is 12.3 Å². The van der Waals surface area contributed by atoms with Gasteiger partial charge in [0.25, 0.3) is 0 Å². The lowest BCUT2D eigenvalue weighted by atomic mass is 9.82. The van der Waals surface area contributed by atoms with Crippen molar-refractivity contribution < 1.29 is 0 Å². The molecule has 0 fully saturated rings. The van der Waals surface area contributed by atoms with E-state index in [2.05, 4.69) is 125 Å². The van der Waals surface area contributed by atoms with Gasteiger partial charge in [-0.3, -0.25) is 0 Å². The van der Waals surface area contributed by atoms with Gasteiger partial charge in [-0.05, 0) is 66.0 Å². The zero-order valence-electron chi connectivity index (χ0n) is 24.3. The molecule has 0 heterocycles. The minimum atomic E-state index is 0.391. The van der Waals surface area contributed by atoms with Gasteiger partial charge in [-0.25, -0.2) is 0 Å². The number of nitrogen functional groups attached to an aromatic ring is 1. The largest absolute Gasteiger partial charge is 0.398 e. The highest BCUT2D eigenvalue weighted by atomic mass is 14.6. The number of terminal acetylenes is 1. The van der Waals surface area contributed by atoms with Crippen LogP contribution >= 0.6 is 0 Å². The fraction of sp³-hybridized carbons (Fsp3) is 0.351. The minimum Gasteiger partial charge on any atom is -0.398 e. The molecule has 0 aliphatic carbocycles. The topological polar surface area (TPSA) is 26.0 Å². The minimum absolute atomic E-state index is 0.391. The zero-order chi connectivity index (χ0) is 27.8. The maximum atomic E-state index is 6.97. The molecule has 0 aliphatic heterocycles. The third kappa shape index (κ3) is 8.53. The van der Waals surface area contributed by atoms with E-state index < -0.39 is 0 Å². The van der Waals surface area contributed by atoms with Crippen molar-refractivity contribution in [3.63, 3.8) is 0 Å². The molecule has 0 saturated carbocycles. The van der Waals surface area contributed by atoms with Crippen LogP contribution in [0.5, 0.6) is 0 Å². The Hall–Kier alpha value is -3.50. The van der Waals surface area contributed by atoms with Crippen LogP contribution in [-0.4, -0.2) is 0 Å². The summed E-state index contributed by atoms with van der Waals surface area (Å²) in [4.78, 5) is 0. The fourth-order valence-electron chi connectivity index (χ4n) is 4.96. The molecule has 2 N–H and O–H groups in total. The Morgan fingerprint density at radius 1 is 0.763 bits per heavy atom. The molecule has 3 aromatic carbocycles. The zero-order valence-corrected chi connectivity index (χ0v) is 24.3. The Labute approximate surface area is 232 Å². The van der Waals surface area contributed by atoms with Crippen LogP contribution in [0.1, 0.15) is 113 Å². The highest BCUT2D eigenvalue weighted by Crippen LogP contribution is 2.41. The standard InChI is InChI=1S/C30H35N.C7H12/c1-5-8-15-22(4)29-27(25(6-2)23-16-11-9-12-17-23)20-21-28(30(29)31)26(7-3)24-18-13-10-14-19-24;1-3-5-7-6-4-2/h6-7,9-14,16-22H,5,8,15,31H2,1-4H3;1H,4-7H2,2H3/b25-6-,26-7-;. The SMILES string of the molecule is C#CCCCCC.C/C=C(/c1ccccc1)c1ccc(/C(=C\C)c2ccccc2)c(C(C)CCCC)c1N. The lowest BCUT2D eigenvalue weighted by Crippen LogP contribution is -2.08. The molecule has 3 rings (SSSR count). The summed E-state index contributed by atoms with van der Waals surface area (Å²) in [6, 6.07) is 25.7. The average Bonchev–Trinajstić information content (AvgIpc) is 2.95. The van der Waals surface area contributed by atoms with E-state index >= 15 is 0 Å². The normalized spacial score (nSPS) is 12.3. The van der Waals surface area contributed by atoms with E-state index in [0.29, 0.717) is 5.92 Å². The Morgan fingerprint density at radius 3 is 1.74 bits per heavy atom. The Bertz CT molecular complexity index is 1190. The van der Waals surface area contributed by atoms with Crippen molar-refractivity contribution in [1.82, 2.24) is 0 Å².